The topological polar surface area (TPSA) is 38.1 Å². The molecule has 4 heteroatoms. The zero-order valence-corrected chi connectivity index (χ0v) is 12.7. The van der Waals surface area contributed by atoms with Gasteiger partial charge >= 0.3 is 0 Å². The average Bonchev–Trinajstić information content (AvgIpc) is 2.78. The lowest BCUT2D eigenvalue weighted by molar-refractivity contribution is 0.453. The van der Waals surface area contributed by atoms with Gasteiger partial charge in [-0.2, -0.15) is 0 Å². The van der Waals surface area contributed by atoms with Crippen LogP contribution in [0.4, 0.5) is 0 Å². The molecule has 1 N–H and O–H groups in total. The molecule has 0 spiro atoms. The third kappa shape index (κ3) is 3.61. The van der Waals surface area contributed by atoms with Gasteiger partial charge in [-0.1, -0.05) is 35.5 Å². The van der Waals surface area contributed by atoms with Crippen molar-refractivity contribution in [2.75, 3.05) is 12.8 Å². The lowest BCUT2D eigenvalue weighted by Gasteiger charge is -2.18. The van der Waals surface area contributed by atoms with Gasteiger partial charge in [-0.3, -0.25) is 0 Å². The third-order valence-corrected chi connectivity index (χ3v) is 4.06. The van der Waals surface area contributed by atoms with Gasteiger partial charge in [0.2, 0.25) is 0 Å². The predicted molar refractivity (Wildman–Crippen MR) is 79.7 cm³/mol. The highest BCUT2D eigenvalue weighted by molar-refractivity contribution is 7.99. The van der Waals surface area contributed by atoms with Gasteiger partial charge in [0, 0.05) is 11.8 Å². The van der Waals surface area contributed by atoms with E-state index in [-0.39, 0.29) is 0 Å². The highest BCUT2D eigenvalue weighted by Gasteiger charge is 2.13. The number of hydrogen-bond donors (Lipinski definition) is 1. The summed E-state index contributed by atoms with van der Waals surface area (Å²) in [6, 6.07) is 6.89. The quantitative estimate of drug-likeness (QED) is 0.846. The highest BCUT2D eigenvalue weighted by atomic mass is 32.2. The van der Waals surface area contributed by atoms with E-state index in [2.05, 4.69) is 42.3 Å². The summed E-state index contributed by atoms with van der Waals surface area (Å²) in [4.78, 5) is 4.32. The van der Waals surface area contributed by atoms with Crippen molar-refractivity contribution in [3.63, 3.8) is 0 Å². The Bertz CT molecular complexity index is 551. The molecule has 2 aromatic rings. The molecule has 0 radical (unpaired) electrons. The van der Waals surface area contributed by atoms with Crippen LogP contribution < -0.4 is 5.32 Å². The van der Waals surface area contributed by atoms with E-state index in [1.54, 1.807) is 18.0 Å². The lowest BCUT2D eigenvalue weighted by Crippen LogP contribution is -2.19. The molecule has 0 fully saturated rings. The summed E-state index contributed by atoms with van der Waals surface area (Å²) in [5, 5.41) is 4.10. The molecule has 0 bridgehead atoms. The second-order valence-electron chi connectivity index (χ2n) is 4.77. The van der Waals surface area contributed by atoms with Crippen molar-refractivity contribution < 1.29 is 4.42 Å². The van der Waals surface area contributed by atoms with Gasteiger partial charge in [0.1, 0.15) is 6.26 Å². The zero-order valence-electron chi connectivity index (χ0n) is 11.9. The molecule has 0 saturated heterocycles. The van der Waals surface area contributed by atoms with Crippen molar-refractivity contribution in [2.24, 2.45) is 0 Å². The number of oxazole rings is 1. The van der Waals surface area contributed by atoms with E-state index in [4.69, 9.17) is 4.42 Å². The SMILES string of the molecule is CNC(CSc1nc(C)co1)c1ccc(C)cc1C. The predicted octanol–water partition coefficient (Wildman–Crippen LogP) is 3.65. The molecule has 1 unspecified atom stereocenters. The molecule has 1 aromatic carbocycles. The largest absolute Gasteiger partial charge is 0.440 e. The maximum Gasteiger partial charge on any atom is 0.255 e. The van der Waals surface area contributed by atoms with Crippen LogP contribution in [0.1, 0.15) is 28.4 Å². The Hall–Kier alpha value is -1.26. The van der Waals surface area contributed by atoms with Crippen LogP contribution in [0.25, 0.3) is 0 Å². The van der Waals surface area contributed by atoms with Gasteiger partial charge in [-0.15, -0.1) is 0 Å². The minimum absolute atomic E-state index is 0.304. The molecule has 0 aliphatic rings. The van der Waals surface area contributed by atoms with Crippen molar-refractivity contribution in [1.82, 2.24) is 10.3 Å². The minimum Gasteiger partial charge on any atom is -0.440 e. The maximum absolute atomic E-state index is 5.37. The number of nitrogens with one attached hydrogen (secondary N) is 1. The Kier molecular flexibility index (Phi) is 4.66. The van der Waals surface area contributed by atoms with Crippen LogP contribution in [0.2, 0.25) is 0 Å². The monoisotopic (exact) mass is 276 g/mol. The number of aryl methyl sites for hydroxylation is 3. The first kappa shape index (κ1) is 14.2. The maximum atomic E-state index is 5.37. The first-order chi connectivity index (χ1) is 9.10. The molecule has 0 amide bonds. The van der Waals surface area contributed by atoms with E-state index in [0.717, 1.165) is 16.7 Å². The Morgan fingerprint density at radius 1 is 1.32 bits per heavy atom. The van der Waals surface area contributed by atoms with Crippen molar-refractivity contribution >= 4 is 11.8 Å². The highest BCUT2D eigenvalue weighted by Crippen LogP contribution is 2.26. The fraction of sp³-hybridized carbons (Fsp3) is 0.400. The number of aromatic nitrogens is 1. The fourth-order valence-corrected chi connectivity index (χ4v) is 3.08. The molecule has 0 aliphatic heterocycles. The fourth-order valence-electron chi connectivity index (χ4n) is 2.10. The molecule has 0 saturated carbocycles. The van der Waals surface area contributed by atoms with Gasteiger partial charge in [0.25, 0.3) is 5.22 Å². The summed E-state index contributed by atoms with van der Waals surface area (Å²) in [5.74, 6) is 0.903. The van der Waals surface area contributed by atoms with Gasteiger partial charge in [-0.05, 0) is 38.9 Å². The lowest BCUT2D eigenvalue weighted by atomic mass is 10.0. The molecule has 1 heterocycles. The van der Waals surface area contributed by atoms with Gasteiger partial charge in [-0.25, -0.2) is 4.98 Å². The first-order valence-electron chi connectivity index (χ1n) is 6.39. The van der Waals surface area contributed by atoms with Crippen LogP contribution in [0.15, 0.2) is 34.1 Å². The molecule has 19 heavy (non-hydrogen) atoms. The average molecular weight is 276 g/mol. The van der Waals surface area contributed by atoms with Crippen LogP contribution in [0.5, 0.6) is 0 Å². The summed E-state index contributed by atoms with van der Waals surface area (Å²) in [6.45, 7) is 6.22. The smallest absolute Gasteiger partial charge is 0.255 e. The summed E-state index contributed by atoms with van der Waals surface area (Å²) < 4.78 is 5.37. The number of benzene rings is 1. The summed E-state index contributed by atoms with van der Waals surface area (Å²) >= 11 is 1.64. The van der Waals surface area contributed by atoms with Crippen LogP contribution in [-0.4, -0.2) is 17.8 Å². The summed E-state index contributed by atoms with van der Waals surface area (Å²) in [5.41, 5.74) is 4.88. The Balaban J connectivity index is 2.07. The zero-order chi connectivity index (χ0) is 13.8. The Labute approximate surface area is 118 Å². The van der Waals surface area contributed by atoms with Gasteiger partial charge in [0.05, 0.1) is 5.69 Å². The van der Waals surface area contributed by atoms with E-state index in [1.165, 1.54) is 16.7 Å². The van der Waals surface area contributed by atoms with E-state index in [9.17, 15) is 0 Å². The molecule has 102 valence electrons. The molecular formula is C15H20N2OS. The van der Waals surface area contributed by atoms with Crippen LogP contribution in [0.3, 0.4) is 0 Å². The van der Waals surface area contributed by atoms with Crippen molar-refractivity contribution in [3.05, 3.63) is 46.8 Å². The van der Waals surface area contributed by atoms with E-state index in [0.29, 0.717) is 6.04 Å². The van der Waals surface area contributed by atoms with Crippen LogP contribution >= 0.6 is 11.8 Å². The van der Waals surface area contributed by atoms with Gasteiger partial charge < -0.3 is 9.73 Å². The Morgan fingerprint density at radius 3 is 2.68 bits per heavy atom. The number of rotatable bonds is 5. The van der Waals surface area contributed by atoms with Gasteiger partial charge in [0.15, 0.2) is 0 Å². The Morgan fingerprint density at radius 2 is 2.11 bits per heavy atom. The van der Waals surface area contributed by atoms with Crippen molar-refractivity contribution in [1.29, 1.82) is 0 Å². The molecule has 2 rings (SSSR count). The summed E-state index contributed by atoms with van der Waals surface area (Å²) in [6.07, 6.45) is 1.69. The molecular weight excluding hydrogens is 256 g/mol. The third-order valence-electron chi connectivity index (χ3n) is 3.12. The van der Waals surface area contributed by atoms with E-state index >= 15 is 0 Å². The standard InChI is InChI=1S/C15H20N2OS/c1-10-5-6-13(11(2)7-10)14(16-4)9-19-15-17-12(3)8-18-15/h5-8,14,16H,9H2,1-4H3. The van der Waals surface area contributed by atoms with Crippen LogP contribution in [0, 0.1) is 20.8 Å². The second kappa shape index (κ2) is 6.26. The number of hydrogen-bond acceptors (Lipinski definition) is 4. The van der Waals surface area contributed by atoms with Crippen LogP contribution in [-0.2, 0) is 0 Å². The first-order valence-corrected chi connectivity index (χ1v) is 7.38. The van der Waals surface area contributed by atoms with Crippen molar-refractivity contribution in [3.8, 4) is 0 Å². The summed E-state index contributed by atoms with van der Waals surface area (Å²) in [7, 11) is 1.99. The molecule has 3 nitrogen and oxygen atoms in total. The van der Waals surface area contributed by atoms with E-state index < -0.39 is 0 Å². The molecule has 0 aliphatic carbocycles. The van der Waals surface area contributed by atoms with Crippen molar-refractivity contribution in [2.45, 2.75) is 32.0 Å². The minimum atomic E-state index is 0.304. The van der Waals surface area contributed by atoms with E-state index in [1.807, 2.05) is 14.0 Å². The normalized spacial score (nSPS) is 12.6. The molecule has 1 atom stereocenters. The molecule has 1 aromatic heterocycles. The number of nitrogens with zero attached hydrogens (tertiary/aromatic N) is 1. The second-order valence-corrected chi connectivity index (χ2v) is 5.74. The number of thioether (sulfide) groups is 1.